The normalized spacial score (nSPS) is 10.6. The van der Waals surface area contributed by atoms with Crippen molar-refractivity contribution in [2.24, 2.45) is 0 Å². The Hall–Kier alpha value is -2.95. The van der Waals surface area contributed by atoms with E-state index >= 15 is 0 Å². The summed E-state index contributed by atoms with van der Waals surface area (Å²) in [7, 11) is 0. The van der Waals surface area contributed by atoms with Crippen molar-refractivity contribution in [3.05, 3.63) is 71.0 Å². The summed E-state index contributed by atoms with van der Waals surface area (Å²) in [5, 5.41) is 5.27. The Labute approximate surface area is 140 Å². The number of halogens is 1. The van der Waals surface area contributed by atoms with Gasteiger partial charge in [-0.05, 0) is 54.8 Å². The number of benzene rings is 2. The zero-order chi connectivity index (χ0) is 17.5. The number of rotatable bonds is 5. The number of hydrogen-bond donors (Lipinski definition) is 2. The molecule has 24 heavy (non-hydrogen) atoms. The van der Waals surface area contributed by atoms with Gasteiger partial charge in [-0.1, -0.05) is 24.3 Å². The van der Waals surface area contributed by atoms with Crippen LogP contribution in [0.5, 0.6) is 0 Å². The first-order valence-corrected chi connectivity index (χ1v) is 7.53. The molecule has 124 valence electrons. The quantitative estimate of drug-likeness (QED) is 0.829. The minimum atomic E-state index is -0.393. The van der Waals surface area contributed by atoms with Gasteiger partial charge in [0.1, 0.15) is 5.82 Å². The summed E-state index contributed by atoms with van der Waals surface area (Å²) < 4.78 is 12.8. The molecule has 2 aromatic rings. The molecule has 0 fully saturated rings. The summed E-state index contributed by atoms with van der Waals surface area (Å²) in [6, 6.07) is 11.4. The highest BCUT2D eigenvalue weighted by Crippen LogP contribution is 2.17. The molecule has 0 spiro atoms. The zero-order valence-corrected chi connectivity index (χ0v) is 13.6. The van der Waals surface area contributed by atoms with Gasteiger partial charge in [0.15, 0.2) is 0 Å². The Morgan fingerprint density at radius 1 is 1.08 bits per heavy atom. The number of hydrogen-bond acceptors (Lipinski definition) is 2. The molecule has 0 radical (unpaired) electrons. The van der Waals surface area contributed by atoms with Crippen LogP contribution >= 0.6 is 0 Å². The second-order valence-corrected chi connectivity index (χ2v) is 5.40. The smallest absolute Gasteiger partial charge is 0.244 e. The fourth-order valence-corrected chi connectivity index (χ4v) is 2.05. The Morgan fingerprint density at radius 3 is 2.50 bits per heavy atom. The summed E-state index contributed by atoms with van der Waals surface area (Å²) >= 11 is 0. The van der Waals surface area contributed by atoms with Gasteiger partial charge in [-0.2, -0.15) is 0 Å². The van der Waals surface area contributed by atoms with Crippen LogP contribution in [0.15, 0.2) is 48.5 Å². The van der Waals surface area contributed by atoms with Crippen molar-refractivity contribution >= 4 is 23.6 Å². The third-order valence-corrected chi connectivity index (χ3v) is 3.60. The largest absolute Gasteiger partial charge is 0.343 e. The van der Waals surface area contributed by atoms with Crippen LogP contribution < -0.4 is 10.6 Å². The summed E-state index contributed by atoms with van der Waals surface area (Å²) in [6.45, 7) is 3.77. The molecule has 0 aliphatic rings. The maximum absolute atomic E-state index is 12.8. The van der Waals surface area contributed by atoms with E-state index in [-0.39, 0.29) is 18.3 Å². The van der Waals surface area contributed by atoms with E-state index in [9.17, 15) is 14.0 Å². The molecule has 4 nitrogen and oxygen atoms in total. The van der Waals surface area contributed by atoms with E-state index in [2.05, 4.69) is 10.6 Å². The Bertz CT molecular complexity index is 767. The van der Waals surface area contributed by atoms with Gasteiger partial charge in [-0.25, -0.2) is 4.39 Å². The maximum atomic E-state index is 12.8. The average molecular weight is 326 g/mol. The van der Waals surface area contributed by atoms with E-state index in [1.165, 1.54) is 18.2 Å². The molecular weight excluding hydrogens is 307 g/mol. The molecule has 0 bridgehead atoms. The van der Waals surface area contributed by atoms with Crippen molar-refractivity contribution in [2.75, 3.05) is 11.9 Å². The van der Waals surface area contributed by atoms with Crippen molar-refractivity contribution in [3.8, 4) is 0 Å². The zero-order valence-electron chi connectivity index (χ0n) is 13.6. The van der Waals surface area contributed by atoms with Crippen LogP contribution in [0.2, 0.25) is 0 Å². The van der Waals surface area contributed by atoms with Crippen molar-refractivity contribution in [1.82, 2.24) is 5.32 Å². The van der Waals surface area contributed by atoms with Gasteiger partial charge < -0.3 is 10.6 Å². The first kappa shape index (κ1) is 17.4. The van der Waals surface area contributed by atoms with Crippen LogP contribution in [-0.4, -0.2) is 18.4 Å². The lowest BCUT2D eigenvalue weighted by atomic mass is 10.1. The monoisotopic (exact) mass is 326 g/mol. The predicted molar refractivity (Wildman–Crippen MR) is 93.0 cm³/mol. The van der Waals surface area contributed by atoms with E-state index in [4.69, 9.17) is 0 Å². The highest BCUT2D eigenvalue weighted by Gasteiger charge is 2.06. The molecular formula is C19H19FN2O2. The number of carbonyl (C=O) groups excluding carboxylic acids is 2. The topological polar surface area (TPSA) is 58.2 Å². The standard InChI is InChI=1S/C19H19FN2O2/c1-13-4-3-5-17(14(13)2)22-19(24)12-21-18(23)11-8-15-6-9-16(20)10-7-15/h3-11H,12H2,1-2H3,(H,21,23)(H,22,24)/b11-8+. The summed E-state index contributed by atoms with van der Waals surface area (Å²) in [5.74, 6) is -1.03. The SMILES string of the molecule is Cc1cccc(NC(=O)CNC(=O)/C=C/c2ccc(F)cc2)c1C. The second kappa shape index (κ2) is 8.06. The Morgan fingerprint density at radius 2 is 1.79 bits per heavy atom. The van der Waals surface area contributed by atoms with Crippen LogP contribution in [0.4, 0.5) is 10.1 Å². The summed E-state index contributed by atoms with van der Waals surface area (Å²) in [6.07, 6.45) is 2.86. The minimum absolute atomic E-state index is 0.125. The fourth-order valence-electron chi connectivity index (χ4n) is 2.05. The van der Waals surface area contributed by atoms with Crippen LogP contribution in [0.1, 0.15) is 16.7 Å². The molecule has 0 saturated carbocycles. The molecule has 2 aromatic carbocycles. The number of aryl methyl sites for hydroxylation is 1. The third-order valence-electron chi connectivity index (χ3n) is 3.60. The Kier molecular flexibility index (Phi) is 5.84. The lowest BCUT2D eigenvalue weighted by Gasteiger charge is -2.10. The molecule has 2 rings (SSSR count). The lowest BCUT2D eigenvalue weighted by Crippen LogP contribution is -2.31. The molecule has 0 aromatic heterocycles. The van der Waals surface area contributed by atoms with E-state index < -0.39 is 5.91 Å². The van der Waals surface area contributed by atoms with Gasteiger partial charge in [0.25, 0.3) is 0 Å². The molecule has 2 N–H and O–H groups in total. The predicted octanol–water partition coefficient (Wildman–Crippen LogP) is 3.21. The van der Waals surface area contributed by atoms with Crippen LogP contribution in [0.3, 0.4) is 0 Å². The van der Waals surface area contributed by atoms with Crippen molar-refractivity contribution in [1.29, 1.82) is 0 Å². The summed E-state index contributed by atoms with van der Waals surface area (Å²) in [4.78, 5) is 23.6. The van der Waals surface area contributed by atoms with Gasteiger partial charge in [-0.3, -0.25) is 9.59 Å². The van der Waals surface area contributed by atoms with Gasteiger partial charge >= 0.3 is 0 Å². The molecule has 2 amide bonds. The van der Waals surface area contributed by atoms with Crippen LogP contribution in [-0.2, 0) is 9.59 Å². The lowest BCUT2D eigenvalue weighted by molar-refractivity contribution is -0.121. The van der Waals surface area contributed by atoms with Crippen molar-refractivity contribution in [3.63, 3.8) is 0 Å². The van der Waals surface area contributed by atoms with Gasteiger partial charge in [-0.15, -0.1) is 0 Å². The third kappa shape index (κ3) is 5.05. The van der Waals surface area contributed by atoms with E-state index in [0.29, 0.717) is 5.56 Å². The fraction of sp³-hybridized carbons (Fsp3) is 0.158. The van der Waals surface area contributed by atoms with E-state index in [0.717, 1.165) is 16.8 Å². The number of nitrogens with one attached hydrogen (secondary N) is 2. The van der Waals surface area contributed by atoms with Crippen LogP contribution in [0.25, 0.3) is 6.08 Å². The van der Waals surface area contributed by atoms with Gasteiger partial charge in [0, 0.05) is 11.8 Å². The average Bonchev–Trinajstić information content (AvgIpc) is 2.56. The van der Waals surface area contributed by atoms with Crippen molar-refractivity contribution < 1.29 is 14.0 Å². The highest BCUT2D eigenvalue weighted by molar-refractivity contribution is 5.98. The number of carbonyl (C=O) groups is 2. The molecule has 5 heteroatoms. The van der Waals surface area contributed by atoms with Gasteiger partial charge in [0.05, 0.1) is 6.54 Å². The molecule has 0 atom stereocenters. The van der Waals surface area contributed by atoms with Gasteiger partial charge in [0.2, 0.25) is 11.8 Å². The number of anilines is 1. The highest BCUT2D eigenvalue weighted by atomic mass is 19.1. The Balaban J connectivity index is 1.84. The molecule has 0 saturated heterocycles. The van der Waals surface area contributed by atoms with E-state index in [1.54, 1.807) is 18.2 Å². The molecule has 0 unspecified atom stereocenters. The maximum Gasteiger partial charge on any atom is 0.244 e. The second-order valence-electron chi connectivity index (χ2n) is 5.40. The number of amides is 2. The minimum Gasteiger partial charge on any atom is -0.343 e. The summed E-state index contributed by atoms with van der Waals surface area (Å²) in [5.41, 5.74) is 3.51. The molecule has 0 heterocycles. The van der Waals surface area contributed by atoms with Crippen LogP contribution in [0, 0.1) is 19.7 Å². The van der Waals surface area contributed by atoms with Crippen molar-refractivity contribution in [2.45, 2.75) is 13.8 Å². The molecule has 0 aliphatic heterocycles. The first-order chi connectivity index (χ1) is 11.5. The first-order valence-electron chi connectivity index (χ1n) is 7.53. The van der Waals surface area contributed by atoms with E-state index in [1.807, 2.05) is 32.0 Å². The molecule has 0 aliphatic carbocycles.